The summed E-state index contributed by atoms with van der Waals surface area (Å²) >= 11 is 3.15. The van der Waals surface area contributed by atoms with Crippen LogP contribution in [0.25, 0.3) is 10.2 Å². The van der Waals surface area contributed by atoms with E-state index in [9.17, 15) is 14.0 Å². The van der Waals surface area contributed by atoms with Gasteiger partial charge in [-0.3, -0.25) is 14.2 Å². The number of thiophene rings is 1. The minimum Gasteiger partial charge on any atom is -0.294 e. The zero-order valence-electron chi connectivity index (χ0n) is 15.0. The second kappa shape index (κ2) is 7.56. The Kier molecular flexibility index (Phi) is 5.14. The Hall–Kier alpha value is -1.99. The Labute approximate surface area is 164 Å². The maximum atomic E-state index is 12.9. The fraction of sp³-hybridized carbons (Fsp3) is 0.350. The lowest BCUT2D eigenvalue weighted by molar-refractivity contribution is 0.0982. The number of ketones is 1. The lowest BCUT2D eigenvalue weighted by Crippen LogP contribution is -2.20. The Morgan fingerprint density at radius 3 is 2.85 bits per heavy atom. The maximum absolute atomic E-state index is 12.9. The molecule has 2 heterocycles. The number of hydrogen-bond donors (Lipinski definition) is 0. The van der Waals surface area contributed by atoms with Crippen molar-refractivity contribution in [1.29, 1.82) is 0 Å². The number of thioether (sulfide) groups is 1. The number of carbonyl (C=O) groups is 1. The van der Waals surface area contributed by atoms with Gasteiger partial charge in [-0.15, -0.1) is 11.3 Å². The van der Waals surface area contributed by atoms with Crippen LogP contribution in [0.1, 0.15) is 40.1 Å². The number of carbonyl (C=O) groups excluding carboxylic acids is 1. The van der Waals surface area contributed by atoms with Crippen molar-refractivity contribution in [3.05, 3.63) is 56.4 Å². The van der Waals surface area contributed by atoms with Gasteiger partial charge in [0, 0.05) is 29.7 Å². The van der Waals surface area contributed by atoms with E-state index in [-0.39, 0.29) is 17.2 Å². The maximum Gasteiger partial charge on any atom is 0.262 e. The second-order valence-corrected chi connectivity index (χ2v) is 8.82. The van der Waals surface area contributed by atoms with Gasteiger partial charge in [-0.25, -0.2) is 9.37 Å². The third-order valence-corrected chi connectivity index (χ3v) is 7.15. The molecule has 0 bridgehead atoms. The summed E-state index contributed by atoms with van der Waals surface area (Å²) in [6, 6.07) is 5.63. The molecule has 0 fully saturated rings. The molecule has 0 unspecified atom stereocenters. The zero-order valence-corrected chi connectivity index (χ0v) is 16.6. The van der Waals surface area contributed by atoms with Gasteiger partial charge >= 0.3 is 0 Å². The van der Waals surface area contributed by atoms with Gasteiger partial charge in [0.1, 0.15) is 10.6 Å². The van der Waals surface area contributed by atoms with Crippen LogP contribution >= 0.6 is 23.1 Å². The first-order chi connectivity index (χ1) is 13.0. The number of Topliss-reactive ketones (excluding diaryl/α,β-unsaturated/α-hetero) is 1. The molecular weight excluding hydrogens is 383 g/mol. The van der Waals surface area contributed by atoms with Crippen LogP contribution in [0.2, 0.25) is 0 Å². The van der Waals surface area contributed by atoms with Gasteiger partial charge in [-0.2, -0.15) is 0 Å². The predicted molar refractivity (Wildman–Crippen MR) is 108 cm³/mol. The summed E-state index contributed by atoms with van der Waals surface area (Å²) in [4.78, 5) is 31.7. The van der Waals surface area contributed by atoms with Crippen molar-refractivity contribution in [3.63, 3.8) is 0 Å². The normalized spacial score (nSPS) is 13.3. The van der Waals surface area contributed by atoms with Crippen LogP contribution in [-0.2, 0) is 19.9 Å². The second-order valence-electron chi connectivity index (χ2n) is 6.68. The summed E-state index contributed by atoms with van der Waals surface area (Å²) in [5, 5.41) is 1.49. The molecule has 7 heteroatoms. The molecule has 0 saturated heterocycles. The molecule has 1 aromatic carbocycles. The summed E-state index contributed by atoms with van der Waals surface area (Å²) in [5.41, 5.74) is 1.76. The highest BCUT2D eigenvalue weighted by atomic mass is 32.2. The molecule has 0 atom stereocenters. The average Bonchev–Trinajstić information content (AvgIpc) is 3.23. The Morgan fingerprint density at radius 2 is 2.07 bits per heavy atom. The van der Waals surface area contributed by atoms with Crippen molar-refractivity contribution in [3.8, 4) is 0 Å². The van der Waals surface area contributed by atoms with Gasteiger partial charge in [0.15, 0.2) is 10.9 Å². The molecule has 0 N–H and O–H groups in total. The van der Waals surface area contributed by atoms with Crippen molar-refractivity contribution < 1.29 is 9.18 Å². The van der Waals surface area contributed by atoms with E-state index in [1.807, 2.05) is 0 Å². The van der Waals surface area contributed by atoms with Crippen LogP contribution in [0.5, 0.6) is 0 Å². The molecule has 140 valence electrons. The van der Waals surface area contributed by atoms with E-state index >= 15 is 0 Å². The number of aryl methyl sites for hydroxylation is 2. The molecule has 3 aromatic rings. The number of nitrogens with zero attached hydrogens (tertiary/aromatic N) is 2. The number of benzene rings is 1. The first kappa shape index (κ1) is 18.4. The van der Waals surface area contributed by atoms with Gasteiger partial charge in [0.2, 0.25) is 0 Å². The van der Waals surface area contributed by atoms with E-state index in [0.29, 0.717) is 29.3 Å². The number of hydrogen-bond acceptors (Lipinski definition) is 5. The summed E-state index contributed by atoms with van der Waals surface area (Å²) < 4.78 is 14.6. The molecule has 0 spiro atoms. The highest BCUT2D eigenvalue weighted by Gasteiger charge is 2.22. The largest absolute Gasteiger partial charge is 0.294 e. The highest BCUT2D eigenvalue weighted by molar-refractivity contribution is 7.99. The lowest BCUT2D eigenvalue weighted by atomic mass is 10.1. The third-order valence-electron chi connectivity index (χ3n) is 4.85. The number of rotatable bonds is 6. The van der Waals surface area contributed by atoms with Crippen molar-refractivity contribution >= 4 is 39.1 Å². The van der Waals surface area contributed by atoms with Crippen LogP contribution in [0.15, 0.2) is 34.2 Å². The first-order valence-electron chi connectivity index (χ1n) is 8.97. The molecule has 0 saturated carbocycles. The number of aromatic nitrogens is 2. The number of fused-ring (bicyclic) bond motifs is 3. The Balaban J connectivity index is 1.42. The van der Waals surface area contributed by atoms with E-state index in [2.05, 4.69) is 0 Å². The van der Waals surface area contributed by atoms with Gasteiger partial charge in [-0.05, 0) is 55.5 Å². The lowest BCUT2D eigenvalue weighted by Gasteiger charge is -2.07. The molecule has 0 radical (unpaired) electrons. The zero-order chi connectivity index (χ0) is 19.0. The van der Waals surface area contributed by atoms with Crippen LogP contribution < -0.4 is 5.56 Å². The fourth-order valence-electron chi connectivity index (χ4n) is 3.41. The van der Waals surface area contributed by atoms with Crippen LogP contribution in [-0.4, -0.2) is 21.1 Å². The molecule has 4 nitrogen and oxygen atoms in total. The SMILES string of the molecule is Cn1c(SCCCC(=O)c2ccc(F)cc2)nc2sc3c(c2c1=O)CCC3. The van der Waals surface area contributed by atoms with Crippen molar-refractivity contribution in [2.75, 3.05) is 5.75 Å². The van der Waals surface area contributed by atoms with Crippen molar-refractivity contribution in [2.24, 2.45) is 7.05 Å². The van der Waals surface area contributed by atoms with Crippen LogP contribution in [0.4, 0.5) is 4.39 Å². The summed E-state index contributed by atoms with van der Waals surface area (Å²) in [6.45, 7) is 0. The standard InChI is InChI=1S/C20H19FN2O2S2/c1-23-19(25)17-14-4-2-6-16(14)27-18(17)22-20(23)26-11-3-5-15(24)12-7-9-13(21)10-8-12/h7-10H,2-6,11H2,1H3. The molecule has 27 heavy (non-hydrogen) atoms. The van der Waals surface area contributed by atoms with E-state index in [0.717, 1.165) is 29.5 Å². The van der Waals surface area contributed by atoms with Gasteiger partial charge in [-0.1, -0.05) is 11.8 Å². The van der Waals surface area contributed by atoms with Gasteiger partial charge < -0.3 is 0 Å². The van der Waals surface area contributed by atoms with Crippen molar-refractivity contribution in [2.45, 2.75) is 37.3 Å². The summed E-state index contributed by atoms with van der Waals surface area (Å²) in [7, 11) is 1.76. The van der Waals surface area contributed by atoms with Crippen LogP contribution in [0, 0.1) is 5.82 Å². The van der Waals surface area contributed by atoms with Crippen LogP contribution in [0.3, 0.4) is 0 Å². The monoisotopic (exact) mass is 402 g/mol. The smallest absolute Gasteiger partial charge is 0.262 e. The van der Waals surface area contributed by atoms with Gasteiger partial charge in [0.25, 0.3) is 5.56 Å². The minimum absolute atomic E-state index is 0.00239. The molecule has 4 rings (SSSR count). The molecule has 2 aromatic heterocycles. The highest BCUT2D eigenvalue weighted by Crippen LogP contribution is 2.35. The van der Waals surface area contributed by atoms with E-state index in [4.69, 9.17) is 4.98 Å². The quantitative estimate of drug-likeness (QED) is 0.266. The first-order valence-corrected chi connectivity index (χ1v) is 10.8. The summed E-state index contributed by atoms with van der Waals surface area (Å²) in [5.74, 6) is 0.357. The Bertz CT molecular complexity index is 1070. The average molecular weight is 403 g/mol. The predicted octanol–water partition coefficient (Wildman–Crippen LogP) is 4.38. The number of halogens is 1. The minimum atomic E-state index is -0.343. The molecular formula is C20H19FN2O2S2. The molecule has 1 aliphatic carbocycles. The molecule has 0 amide bonds. The van der Waals surface area contributed by atoms with E-state index in [1.165, 1.54) is 46.5 Å². The van der Waals surface area contributed by atoms with Crippen molar-refractivity contribution in [1.82, 2.24) is 9.55 Å². The fourth-order valence-corrected chi connectivity index (χ4v) is 5.62. The molecule has 0 aliphatic heterocycles. The summed E-state index contributed by atoms with van der Waals surface area (Å²) in [6.07, 6.45) is 4.22. The van der Waals surface area contributed by atoms with Gasteiger partial charge in [0.05, 0.1) is 5.39 Å². The van der Waals surface area contributed by atoms with E-state index < -0.39 is 0 Å². The van der Waals surface area contributed by atoms with E-state index in [1.54, 1.807) is 23.0 Å². The topological polar surface area (TPSA) is 52.0 Å². The molecule has 1 aliphatic rings. The Morgan fingerprint density at radius 1 is 1.30 bits per heavy atom. The third kappa shape index (κ3) is 3.58.